The Kier molecular flexibility index (Phi) is 4.52. The molecule has 1 aromatic rings. The van der Waals surface area contributed by atoms with E-state index in [1.807, 2.05) is 30.3 Å². The first-order valence-electron chi connectivity index (χ1n) is 7.22. The Morgan fingerprint density at radius 1 is 1.33 bits per heavy atom. The van der Waals surface area contributed by atoms with Gasteiger partial charge in [0.05, 0.1) is 12.6 Å². The summed E-state index contributed by atoms with van der Waals surface area (Å²) in [4.78, 5) is 13.8. The highest BCUT2D eigenvalue weighted by molar-refractivity contribution is 5.69. The van der Waals surface area contributed by atoms with Gasteiger partial charge in [-0.2, -0.15) is 0 Å². The van der Waals surface area contributed by atoms with Crippen LogP contribution in [0.1, 0.15) is 38.8 Å². The highest BCUT2D eigenvalue weighted by atomic mass is 19.1. The molecule has 0 aromatic heterocycles. The molecule has 4 nitrogen and oxygen atoms in total. The largest absolute Gasteiger partial charge is 0.444 e. The van der Waals surface area contributed by atoms with Gasteiger partial charge in [-0.1, -0.05) is 30.3 Å². The Morgan fingerprint density at radius 2 is 1.95 bits per heavy atom. The van der Waals surface area contributed by atoms with E-state index in [4.69, 9.17) is 10.5 Å². The van der Waals surface area contributed by atoms with Crippen LogP contribution in [0.3, 0.4) is 0 Å². The minimum absolute atomic E-state index is 0.0321. The number of carbonyl (C=O) groups excluding carboxylic acids is 1. The molecule has 3 atom stereocenters. The normalized spacial score (nSPS) is 26.5. The van der Waals surface area contributed by atoms with Gasteiger partial charge < -0.3 is 10.5 Å². The molecular weight excluding hydrogens is 271 g/mol. The van der Waals surface area contributed by atoms with Gasteiger partial charge in [-0.15, -0.1) is 0 Å². The molecule has 1 saturated heterocycles. The molecule has 0 radical (unpaired) electrons. The van der Waals surface area contributed by atoms with Crippen LogP contribution in [0.15, 0.2) is 30.3 Å². The second kappa shape index (κ2) is 6.02. The number of nitrogens with zero attached hydrogens (tertiary/aromatic N) is 1. The fourth-order valence-corrected chi connectivity index (χ4v) is 2.50. The van der Waals surface area contributed by atoms with Gasteiger partial charge in [-0.3, -0.25) is 4.90 Å². The molecule has 1 amide bonds. The first kappa shape index (κ1) is 15.8. The van der Waals surface area contributed by atoms with Gasteiger partial charge >= 0.3 is 6.09 Å². The lowest BCUT2D eigenvalue weighted by Gasteiger charge is -2.40. The maximum atomic E-state index is 13.9. The molecule has 1 aliphatic heterocycles. The third-order valence-electron chi connectivity index (χ3n) is 3.52. The number of hydrogen-bond acceptors (Lipinski definition) is 3. The fraction of sp³-hybridized carbons (Fsp3) is 0.562. The molecule has 5 heteroatoms. The van der Waals surface area contributed by atoms with Crippen LogP contribution in [0.25, 0.3) is 0 Å². The van der Waals surface area contributed by atoms with Crippen LogP contribution in [0.4, 0.5) is 9.18 Å². The van der Waals surface area contributed by atoms with Crippen LogP contribution in [0.2, 0.25) is 0 Å². The average molecular weight is 294 g/mol. The number of nitrogens with two attached hydrogens (primary N) is 1. The second-order valence-electron chi connectivity index (χ2n) is 6.47. The van der Waals surface area contributed by atoms with Crippen LogP contribution in [-0.4, -0.2) is 35.4 Å². The molecule has 1 unspecified atom stereocenters. The smallest absolute Gasteiger partial charge is 0.410 e. The van der Waals surface area contributed by atoms with E-state index in [1.165, 1.54) is 4.90 Å². The van der Waals surface area contributed by atoms with E-state index < -0.39 is 23.9 Å². The van der Waals surface area contributed by atoms with Gasteiger partial charge in [0, 0.05) is 6.04 Å². The number of alkyl halides is 1. The number of carbonyl (C=O) groups is 1. The van der Waals surface area contributed by atoms with Gasteiger partial charge in [0.15, 0.2) is 0 Å². The van der Waals surface area contributed by atoms with Gasteiger partial charge in [0.1, 0.15) is 11.8 Å². The Bertz CT molecular complexity index is 487. The van der Waals surface area contributed by atoms with Gasteiger partial charge in [-0.25, -0.2) is 9.18 Å². The van der Waals surface area contributed by atoms with Crippen molar-refractivity contribution in [2.45, 2.75) is 51.0 Å². The zero-order valence-electron chi connectivity index (χ0n) is 12.8. The van der Waals surface area contributed by atoms with Crippen molar-refractivity contribution in [3.05, 3.63) is 35.9 Å². The van der Waals surface area contributed by atoms with Gasteiger partial charge in [0.25, 0.3) is 0 Å². The summed E-state index contributed by atoms with van der Waals surface area (Å²) in [5, 5.41) is 0. The number of rotatable bonds is 1. The predicted molar refractivity (Wildman–Crippen MR) is 79.6 cm³/mol. The lowest BCUT2D eigenvalue weighted by atomic mass is 9.91. The van der Waals surface area contributed by atoms with Crippen molar-refractivity contribution in [2.75, 3.05) is 6.54 Å². The van der Waals surface area contributed by atoms with Crippen molar-refractivity contribution < 1.29 is 13.9 Å². The molecule has 1 aromatic carbocycles. The summed E-state index contributed by atoms with van der Waals surface area (Å²) >= 11 is 0. The molecule has 0 bridgehead atoms. The summed E-state index contributed by atoms with van der Waals surface area (Å²) in [6.45, 7) is 5.36. The Labute approximate surface area is 125 Å². The standard InChI is InChI=1S/C16H23FN2O2/c1-16(2,3)21-15(20)19-10-12(17)13(18)9-14(19)11-7-5-4-6-8-11/h4-8,12-14H,9-10,18H2,1-3H3/t12?,13-,14-/m0/s1. The minimum atomic E-state index is -1.22. The maximum absolute atomic E-state index is 13.9. The van der Waals surface area contributed by atoms with E-state index in [-0.39, 0.29) is 12.6 Å². The Morgan fingerprint density at radius 3 is 2.52 bits per heavy atom. The predicted octanol–water partition coefficient (Wildman–Crippen LogP) is 3.03. The topological polar surface area (TPSA) is 55.6 Å². The number of benzene rings is 1. The molecule has 0 aliphatic carbocycles. The lowest BCUT2D eigenvalue weighted by Crippen LogP contribution is -2.53. The quantitative estimate of drug-likeness (QED) is 0.866. The van der Waals surface area contributed by atoms with Gasteiger partial charge in [0.2, 0.25) is 0 Å². The number of amides is 1. The first-order chi connectivity index (χ1) is 9.78. The van der Waals surface area contributed by atoms with Crippen LogP contribution >= 0.6 is 0 Å². The van der Waals surface area contributed by atoms with Crippen LogP contribution in [0, 0.1) is 0 Å². The Balaban J connectivity index is 2.24. The van der Waals surface area contributed by atoms with Crippen molar-refractivity contribution in [1.82, 2.24) is 4.90 Å². The molecule has 0 spiro atoms. The second-order valence-corrected chi connectivity index (χ2v) is 6.47. The molecule has 1 heterocycles. The third kappa shape index (κ3) is 3.94. The molecule has 21 heavy (non-hydrogen) atoms. The van der Waals surface area contributed by atoms with Crippen LogP contribution in [-0.2, 0) is 4.74 Å². The van der Waals surface area contributed by atoms with Gasteiger partial charge in [-0.05, 0) is 32.8 Å². The molecule has 0 saturated carbocycles. The summed E-state index contributed by atoms with van der Waals surface area (Å²) in [6, 6.07) is 8.74. The SMILES string of the molecule is CC(C)(C)OC(=O)N1CC(F)[C@@H](N)C[C@H]1c1ccccc1. The third-order valence-corrected chi connectivity index (χ3v) is 3.52. The van der Waals surface area contributed by atoms with Crippen LogP contribution in [0.5, 0.6) is 0 Å². The molecule has 1 fully saturated rings. The van der Waals surface area contributed by atoms with Crippen molar-refractivity contribution in [3.63, 3.8) is 0 Å². The van der Waals surface area contributed by atoms with Crippen molar-refractivity contribution in [1.29, 1.82) is 0 Å². The molecule has 2 rings (SSSR count). The Hall–Kier alpha value is -1.62. The van der Waals surface area contributed by atoms with E-state index in [0.717, 1.165) is 5.56 Å². The first-order valence-corrected chi connectivity index (χ1v) is 7.22. The number of likely N-dealkylation sites (tertiary alicyclic amines) is 1. The van der Waals surface area contributed by atoms with E-state index in [0.29, 0.717) is 6.42 Å². The monoisotopic (exact) mass is 294 g/mol. The van der Waals surface area contributed by atoms with Crippen LogP contribution < -0.4 is 5.73 Å². The average Bonchev–Trinajstić information content (AvgIpc) is 2.40. The summed E-state index contributed by atoms with van der Waals surface area (Å²) in [7, 11) is 0. The molecule has 2 N–H and O–H groups in total. The summed E-state index contributed by atoms with van der Waals surface area (Å²) in [5.41, 5.74) is 6.18. The maximum Gasteiger partial charge on any atom is 0.410 e. The zero-order valence-corrected chi connectivity index (χ0v) is 12.8. The summed E-state index contributed by atoms with van der Waals surface area (Å²) < 4.78 is 19.3. The highest BCUT2D eigenvalue weighted by Gasteiger charge is 2.39. The number of halogens is 1. The summed E-state index contributed by atoms with van der Waals surface area (Å²) in [6.07, 6.45) is -1.33. The number of ether oxygens (including phenoxy) is 1. The lowest BCUT2D eigenvalue weighted by molar-refractivity contribution is -0.00454. The highest BCUT2D eigenvalue weighted by Crippen LogP contribution is 2.32. The fourth-order valence-electron chi connectivity index (χ4n) is 2.50. The number of piperidine rings is 1. The van der Waals surface area contributed by atoms with E-state index in [1.54, 1.807) is 20.8 Å². The summed E-state index contributed by atoms with van der Waals surface area (Å²) in [5.74, 6) is 0. The minimum Gasteiger partial charge on any atom is -0.444 e. The van der Waals surface area contributed by atoms with Crippen molar-refractivity contribution >= 4 is 6.09 Å². The number of hydrogen-bond donors (Lipinski definition) is 1. The van der Waals surface area contributed by atoms with Crippen molar-refractivity contribution in [2.24, 2.45) is 5.73 Å². The van der Waals surface area contributed by atoms with E-state index in [9.17, 15) is 9.18 Å². The van der Waals surface area contributed by atoms with E-state index >= 15 is 0 Å². The molecule has 116 valence electrons. The van der Waals surface area contributed by atoms with E-state index in [2.05, 4.69) is 0 Å². The van der Waals surface area contributed by atoms with Crippen molar-refractivity contribution in [3.8, 4) is 0 Å². The molecular formula is C16H23FN2O2. The zero-order chi connectivity index (χ0) is 15.6. The molecule has 1 aliphatic rings.